The fourth-order valence-electron chi connectivity index (χ4n) is 1.73. The van der Waals surface area contributed by atoms with E-state index in [1.807, 2.05) is 44.2 Å². The van der Waals surface area contributed by atoms with Gasteiger partial charge in [0.1, 0.15) is 0 Å². The Morgan fingerprint density at radius 1 is 1.13 bits per heavy atom. The van der Waals surface area contributed by atoms with Gasteiger partial charge in [-0.15, -0.1) is 11.8 Å². The van der Waals surface area contributed by atoms with Crippen LogP contribution in [-0.2, 0) is 0 Å². The molecule has 0 spiro atoms. The molecular formula is C17H18BrNO3S. The number of ether oxygens (including phenoxy) is 2. The second-order valence-corrected chi connectivity index (χ2v) is 6.89. The molecule has 0 aliphatic heterocycles. The van der Waals surface area contributed by atoms with Crippen molar-refractivity contribution >= 4 is 33.8 Å². The van der Waals surface area contributed by atoms with Crippen LogP contribution < -0.4 is 14.8 Å². The Balaban J connectivity index is 1.84. The van der Waals surface area contributed by atoms with E-state index in [0.29, 0.717) is 17.4 Å². The number of halogens is 1. The minimum absolute atomic E-state index is 0.00997. The van der Waals surface area contributed by atoms with Crippen molar-refractivity contribution < 1.29 is 14.3 Å². The van der Waals surface area contributed by atoms with E-state index < -0.39 is 6.09 Å². The molecule has 1 N–H and O–H groups in total. The molecule has 2 aromatic carbocycles. The third-order valence-corrected chi connectivity index (χ3v) is 4.11. The topological polar surface area (TPSA) is 47.6 Å². The minimum Gasteiger partial charge on any atom is -0.487 e. The second-order valence-electron chi connectivity index (χ2n) is 4.92. The smallest absolute Gasteiger partial charge is 0.413 e. The van der Waals surface area contributed by atoms with Gasteiger partial charge in [-0.05, 0) is 50.2 Å². The quantitative estimate of drug-likeness (QED) is 0.547. The van der Waals surface area contributed by atoms with Crippen LogP contribution in [0.25, 0.3) is 0 Å². The standard InChI is InChI=1S/C17H18BrNO3S/c1-12(2)21-15-5-3-4-6-16(15)22-17(20)19-11-23-14-9-7-13(18)8-10-14/h3-10,12H,11H2,1-2H3,(H,19,20). The number of hydrogen-bond donors (Lipinski definition) is 1. The molecule has 0 fully saturated rings. The minimum atomic E-state index is -0.505. The highest BCUT2D eigenvalue weighted by Crippen LogP contribution is 2.27. The van der Waals surface area contributed by atoms with Crippen molar-refractivity contribution in [1.29, 1.82) is 0 Å². The zero-order valence-corrected chi connectivity index (χ0v) is 15.3. The molecule has 0 saturated carbocycles. The largest absolute Gasteiger partial charge is 0.487 e. The zero-order chi connectivity index (χ0) is 16.7. The van der Waals surface area contributed by atoms with E-state index >= 15 is 0 Å². The molecular weight excluding hydrogens is 378 g/mol. The summed E-state index contributed by atoms with van der Waals surface area (Å²) in [5.41, 5.74) is 0. The molecule has 23 heavy (non-hydrogen) atoms. The van der Waals surface area contributed by atoms with Gasteiger partial charge in [-0.25, -0.2) is 4.79 Å². The normalized spacial score (nSPS) is 10.4. The Labute approximate surface area is 148 Å². The summed E-state index contributed by atoms with van der Waals surface area (Å²) in [4.78, 5) is 13.0. The maximum atomic E-state index is 11.9. The Morgan fingerprint density at radius 2 is 1.78 bits per heavy atom. The monoisotopic (exact) mass is 395 g/mol. The maximum Gasteiger partial charge on any atom is 0.413 e. The van der Waals surface area contributed by atoms with Crippen LogP contribution in [0.3, 0.4) is 0 Å². The van der Waals surface area contributed by atoms with Crippen LogP contribution in [0.1, 0.15) is 13.8 Å². The third kappa shape index (κ3) is 6.15. The number of para-hydroxylation sites is 2. The number of hydrogen-bond acceptors (Lipinski definition) is 4. The first-order chi connectivity index (χ1) is 11.0. The molecule has 0 heterocycles. The summed E-state index contributed by atoms with van der Waals surface area (Å²) in [5, 5.41) is 2.71. The molecule has 4 nitrogen and oxygen atoms in total. The highest BCUT2D eigenvalue weighted by Gasteiger charge is 2.10. The number of rotatable bonds is 6. The van der Waals surface area contributed by atoms with E-state index in [-0.39, 0.29) is 6.10 Å². The second kappa shape index (κ2) is 8.84. The van der Waals surface area contributed by atoms with Gasteiger partial charge in [0, 0.05) is 9.37 Å². The van der Waals surface area contributed by atoms with Gasteiger partial charge in [0.2, 0.25) is 0 Å². The number of amides is 1. The van der Waals surface area contributed by atoms with Gasteiger partial charge < -0.3 is 14.8 Å². The van der Waals surface area contributed by atoms with Crippen LogP contribution in [-0.4, -0.2) is 18.1 Å². The first-order valence-corrected chi connectivity index (χ1v) is 8.92. The predicted octanol–water partition coefficient (Wildman–Crippen LogP) is 5.07. The molecule has 0 bridgehead atoms. The van der Waals surface area contributed by atoms with Crippen molar-refractivity contribution in [2.75, 3.05) is 5.88 Å². The first kappa shape index (κ1) is 17.7. The fraction of sp³-hybridized carbons (Fsp3) is 0.235. The average Bonchev–Trinajstić information content (AvgIpc) is 2.51. The lowest BCUT2D eigenvalue weighted by atomic mass is 10.3. The number of carbonyl (C=O) groups excluding carboxylic acids is 1. The lowest BCUT2D eigenvalue weighted by Crippen LogP contribution is -2.26. The molecule has 0 atom stereocenters. The van der Waals surface area contributed by atoms with Crippen LogP contribution in [0.2, 0.25) is 0 Å². The Hall–Kier alpha value is -1.66. The van der Waals surface area contributed by atoms with E-state index in [2.05, 4.69) is 21.2 Å². The van der Waals surface area contributed by atoms with Crippen LogP contribution in [0.5, 0.6) is 11.5 Å². The van der Waals surface area contributed by atoms with Gasteiger partial charge in [-0.1, -0.05) is 28.1 Å². The van der Waals surface area contributed by atoms with Crippen molar-refractivity contribution in [1.82, 2.24) is 5.32 Å². The Morgan fingerprint density at radius 3 is 2.43 bits per heavy atom. The van der Waals surface area contributed by atoms with E-state index in [0.717, 1.165) is 9.37 Å². The Bertz CT molecular complexity index is 647. The lowest BCUT2D eigenvalue weighted by Gasteiger charge is -2.14. The third-order valence-electron chi connectivity index (χ3n) is 2.68. The van der Waals surface area contributed by atoms with Crippen molar-refractivity contribution in [2.45, 2.75) is 24.8 Å². The van der Waals surface area contributed by atoms with Gasteiger partial charge in [-0.3, -0.25) is 0 Å². The van der Waals surface area contributed by atoms with Crippen LogP contribution in [0.15, 0.2) is 57.9 Å². The fourth-order valence-corrected chi connectivity index (χ4v) is 2.68. The molecule has 0 radical (unpaired) electrons. The summed E-state index contributed by atoms with van der Waals surface area (Å²) >= 11 is 4.91. The maximum absolute atomic E-state index is 11.9. The van der Waals surface area contributed by atoms with Crippen molar-refractivity contribution in [3.63, 3.8) is 0 Å². The molecule has 2 aromatic rings. The van der Waals surface area contributed by atoms with E-state index in [1.165, 1.54) is 11.8 Å². The number of benzene rings is 2. The first-order valence-electron chi connectivity index (χ1n) is 7.14. The number of thioether (sulfide) groups is 1. The van der Waals surface area contributed by atoms with E-state index in [1.54, 1.807) is 18.2 Å². The summed E-state index contributed by atoms with van der Waals surface area (Å²) in [6.07, 6.45) is -0.495. The Kier molecular flexibility index (Phi) is 6.80. The lowest BCUT2D eigenvalue weighted by molar-refractivity contribution is 0.193. The van der Waals surface area contributed by atoms with Crippen LogP contribution >= 0.6 is 27.7 Å². The molecule has 0 saturated heterocycles. The highest BCUT2D eigenvalue weighted by atomic mass is 79.9. The molecule has 1 amide bonds. The highest BCUT2D eigenvalue weighted by molar-refractivity contribution is 9.10. The van der Waals surface area contributed by atoms with Crippen molar-refractivity contribution in [2.24, 2.45) is 0 Å². The zero-order valence-electron chi connectivity index (χ0n) is 12.9. The average molecular weight is 396 g/mol. The summed E-state index contributed by atoms with van der Waals surface area (Å²) in [6.45, 7) is 3.84. The summed E-state index contributed by atoms with van der Waals surface area (Å²) < 4.78 is 11.9. The SMILES string of the molecule is CC(C)Oc1ccccc1OC(=O)NCSc1ccc(Br)cc1. The predicted molar refractivity (Wildman–Crippen MR) is 96.2 cm³/mol. The van der Waals surface area contributed by atoms with Gasteiger partial charge in [0.15, 0.2) is 11.5 Å². The molecule has 122 valence electrons. The number of nitrogens with one attached hydrogen (secondary N) is 1. The number of carbonyl (C=O) groups is 1. The van der Waals surface area contributed by atoms with Crippen molar-refractivity contribution in [3.8, 4) is 11.5 Å². The van der Waals surface area contributed by atoms with E-state index in [4.69, 9.17) is 9.47 Å². The molecule has 2 rings (SSSR count). The van der Waals surface area contributed by atoms with Gasteiger partial charge in [0.25, 0.3) is 0 Å². The molecule has 0 unspecified atom stereocenters. The summed E-state index contributed by atoms with van der Waals surface area (Å²) in [5.74, 6) is 1.39. The van der Waals surface area contributed by atoms with Gasteiger partial charge in [-0.2, -0.15) is 0 Å². The molecule has 0 aromatic heterocycles. The van der Waals surface area contributed by atoms with Gasteiger partial charge in [0.05, 0.1) is 12.0 Å². The summed E-state index contributed by atoms with van der Waals surface area (Å²) in [6, 6.07) is 15.0. The summed E-state index contributed by atoms with van der Waals surface area (Å²) in [7, 11) is 0. The van der Waals surface area contributed by atoms with Crippen molar-refractivity contribution in [3.05, 3.63) is 53.0 Å². The molecule has 6 heteroatoms. The van der Waals surface area contributed by atoms with Crippen LogP contribution in [0.4, 0.5) is 4.79 Å². The van der Waals surface area contributed by atoms with E-state index in [9.17, 15) is 4.79 Å². The molecule has 0 aliphatic carbocycles. The van der Waals surface area contributed by atoms with Gasteiger partial charge >= 0.3 is 6.09 Å². The molecule has 0 aliphatic rings. The van der Waals surface area contributed by atoms with Crippen LogP contribution in [0, 0.1) is 0 Å².